The first-order chi connectivity index (χ1) is 12.8. The van der Waals surface area contributed by atoms with Crippen LogP contribution in [0.1, 0.15) is 18.4 Å². The topological polar surface area (TPSA) is 34.1 Å². The first-order valence-electron chi connectivity index (χ1n) is 10.3. The van der Waals surface area contributed by atoms with Gasteiger partial charge in [0.2, 0.25) is 0 Å². The van der Waals surface area contributed by atoms with Crippen LogP contribution in [0.3, 0.4) is 0 Å². The van der Waals surface area contributed by atoms with Gasteiger partial charge in [0.1, 0.15) is 0 Å². The van der Waals surface area contributed by atoms with Crippen molar-refractivity contribution in [3.05, 3.63) is 35.9 Å². The van der Waals surface area contributed by atoms with Gasteiger partial charge in [-0.3, -0.25) is 14.8 Å². The normalized spacial score (nSPS) is 28.7. The monoisotopic (exact) mass is 483 g/mol. The second-order valence-corrected chi connectivity index (χ2v) is 8.04. The molecule has 27 heavy (non-hydrogen) atoms. The smallest absolute Gasteiger partial charge is 0.193 e. The molecule has 2 bridgehead atoms. The second-order valence-electron chi connectivity index (χ2n) is 8.04. The zero-order valence-electron chi connectivity index (χ0n) is 16.5. The fourth-order valence-electron chi connectivity index (χ4n) is 4.76. The molecule has 4 aliphatic rings. The average molecular weight is 483 g/mol. The first kappa shape index (κ1) is 20.9. The standard InChI is InChI=1S/C21H33N5.HI/c1-22-21(23-16-20-17-24-11-13-25(20)14-12-24)26-9-7-19(8-10-26)15-18-5-3-2-4-6-18;/h2-6,19-20H,7-17H2,1H3,(H,22,23);1H. The first-order valence-corrected chi connectivity index (χ1v) is 10.3. The Bertz CT molecular complexity index is 592. The molecule has 5 nitrogen and oxygen atoms in total. The molecule has 1 aromatic carbocycles. The van der Waals surface area contributed by atoms with E-state index in [1.54, 1.807) is 0 Å². The van der Waals surface area contributed by atoms with Crippen molar-refractivity contribution in [2.24, 2.45) is 10.9 Å². The molecular formula is C21H34IN5. The van der Waals surface area contributed by atoms with E-state index in [-0.39, 0.29) is 24.0 Å². The lowest BCUT2D eigenvalue weighted by atomic mass is 9.90. The number of piperidine rings is 1. The molecule has 0 aromatic heterocycles. The van der Waals surface area contributed by atoms with Crippen LogP contribution in [0.25, 0.3) is 0 Å². The zero-order valence-corrected chi connectivity index (χ0v) is 18.8. The van der Waals surface area contributed by atoms with Crippen LogP contribution in [0.2, 0.25) is 0 Å². The Morgan fingerprint density at radius 3 is 2.33 bits per heavy atom. The van der Waals surface area contributed by atoms with Gasteiger partial charge in [0, 0.05) is 65.4 Å². The molecule has 0 spiro atoms. The van der Waals surface area contributed by atoms with Crippen molar-refractivity contribution in [1.82, 2.24) is 20.0 Å². The molecule has 4 fully saturated rings. The highest BCUT2D eigenvalue weighted by molar-refractivity contribution is 14.0. The maximum absolute atomic E-state index is 4.57. The van der Waals surface area contributed by atoms with Crippen LogP contribution in [-0.4, -0.2) is 86.1 Å². The summed E-state index contributed by atoms with van der Waals surface area (Å²) < 4.78 is 0. The van der Waals surface area contributed by atoms with Gasteiger partial charge < -0.3 is 10.2 Å². The van der Waals surface area contributed by atoms with Crippen molar-refractivity contribution < 1.29 is 0 Å². The number of fused-ring (bicyclic) bond motifs is 3. The van der Waals surface area contributed by atoms with Gasteiger partial charge in [0.25, 0.3) is 0 Å². The molecule has 0 amide bonds. The molecule has 4 aliphatic heterocycles. The summed E-state index contributed by atoms with van der Waals surface area (Å²) in [4.78, 5) is 12.3. The van der Waals surface area contributed by atoms with E-state index in [0.29, 0.717) is 6.04 Å². The minimum Gasteiger partial charge on any atom is -0.355 e. The van der Waals surface area contributed by atoms with E-state index >= 15 is 0 Å². The van der Waals surface area contributed by atoms with E-state index < -0.39 is 0 Å². The highest BCUT2D eigenvalue weighted by Crippen LogP contribution is 2.22. The van der Waals surface area contributed by atoms with Crippen LogP contribution in [-0.2, 0) is 6.42 Å². The Morgan fingerprint density at radius 1 is 1.04 bits per heavy atom. The maximum Gasteiger partial charge on any atom is 0.193 e. The summed E-state index contributed by atoms with van der Waals surface area (Å²) in [5.41, 5.74) is 1.48. The molecule has 1 unspecified atom stereocenters. The van der Waals surface area contributed by atoms with Crippen LogP contribution in [0.5, 0.6) is 0 Å². The lowest BCUT2D eigenvalue weighted by Gasteiger charge is -2.47. The molecule has 1 N–H and O–H groups in total. The third-order valence-electron chi connectivity index (χ3n) is 6.38. The lowest BCUT2D eigenvalue weighted by molar-refractivity contribution is 0.0151. The van der Waals surface area contributed by atoms with Gasteiger partial charge in [-0.2, -0.15) is 0 Å². The van der Waals surface area contributed by atoms with Crippen molar-refractivity contribution in [3.63, 3.8) is 0 Å². The second kappa shape index (κ2) is 10.1. The number of piperazine rings is 3. The summed E-state index contributed by atoms with van der Waals surface area (Å²) in [6, 6.07) is 11.6. The number of guanidine groups is 1. The number of rotatable bonds is 4. The predicted molar refractivity (Wildman–Crippen MR) is 123 cm³/mol. The number of aliphatic imine (C=N–C) groups is 1. The van der Waals surface area contributed by atoms with Crippen molar-refractivity contribution in [2.75, 3.05) is 59.4 Å². The van der Waals surface area contributed by atoms with Crippen LogP contribution >= 0.6 is 24.0 Å². The lowest BCUT2D eigenvalue weighted by Crippen LogP contribution is -2.64. The van der Waals surface area contributed by atoms with E-state index in [2.05, 4.69) is 55.3 Å². The van der Waals surface area contributed by atoms with E-state index in [9.17, 15) is 0 Å². The van der Waals surface area contributed by atoms with Crippen molar-refractivity contribution >= 4 is 29.9 Å². The average Bonchev–Trinajstić information content (AvgIpc) is 2.71. The molecule has 5 rings (SSSR count). The van der Waals surface area contributed by atoms with Gasteiger partial charge in [0.05, 0.1) is 0 Å². The number of hydrogen-bond acceptors (Lipinski definition) is 3. The maximum atomic E-state index is 4.57. The van der Waals surface area contributed by atoms with Gasteiger partial charge in [0.15, 0.2) is 5.96 Å². The van der Waals surface area contributed by atoms with Gasteiger partial charge in [-0.05, 0) is 30.7 Å². The fraction of sp³-hybridized carbons (Fsp3) is 0.667. The summed E-state index contributed by atoms with van der Waals surface area (Å²) >= 11 is 0. The summed E-state index contributed by atoms with van der Waals surface area (Å²) in [6.07, 6.45) is 3.74. The minimum absolute atomic E-state index is 0. The molecule has 6 heteroatoms. The molecule has 4 saturated heterocycles. The van der Waals surface area contributed by atoms with E-state index in [1.807, 2.05) is 7.05 Å². The highest BCUT2D eigenvalue weighted by atomic mass is 127. The summed E-state index contributed by atoms with van der Waals surface area (Å²) in [5.74, 6) is 1.90. The largest absolute Gasteiger partial charge is 0.355 e. The minimum atomic E-state index is 0. The Balaban J connectivity index is 0.00000210. The van der Waals surface area contributed by atoms with E-state index in [4.69, 9.17) is 0 Å². The molecular weight excluding hydrogens is 449 g/mol. The Hall–Kier alpha value is -0.860. The fourth-order valence-corrected chi connectivity index (χ4v) is 4.76. The van der Waals surface area contributed by atoms with Gasteiger partial charge in [-0.15, -0.1) is 24.0 Å². The molecule has 4 heterocycles. The number of benzene rings is 1. The summed E-state index contributed by atoms with van der Waals surface area (Å²) in [6.45, 7) is 9.44. The van der Waals surface area contributed by atoms with E-state index in [1.165, 1.54) is 57.5 Å². The zero-order chi connectivity index (χ0) is 17.8. The molecule has 150 valence electrons. The van der Waals surface area contributed by atoms with Gasteiger partial charge in [-0.25, -0.2) is 0 Å². The SMILES string of the molecule is CN=C(NCC1CN2CCN1CC2)N1CCC(Cc2ccccc2)CC1.I. The quantitative estimate of drug-likeness (QED) is 0.405. The number of nitrogens with zero attached hydrogens (tertiary/aromatic N) is 4. The van der Waals surface area contributed by atoms with Crippen molar-refractivity contribution in [2.45, 2.75) is 25.3 Å². The Labute approximate surface area is 181 Å². The number of likely N-dealkylation sites (tertiary alicyclic amines) is 1. The van der Waals surface area contributed by atoms with Crippen LogP contribution in [0.4, 0.5) is 0 Å². The Kier molecular flexibility index (Phi) is 7.78. The molecule has 0 radical (unpaired) electrons. The number of hydrogen-bond donors (Lipinski definition) is 1. The summed E-state index contributed by atoms with van der Waals surface area (Å²) in [5, 5.41) is 3.67. The third kappa shape index (κ3) is 5.35. The van der Waals surface area contributed by atoms with Crippen LogP contribution < -0.4 is 5.32 Å². The number of nitrogens with one attached hydrogen (secondary N) is 1. The van der Waals surface area contributed by atoms with E-state index in [0.717, 1.165) is 31.5 Å². The highest BCUT2D eigenvalue weighted by Gasteiger charge is 2.32. The van der Waals surface area contributed by atoms with Crippen LogP contribution in [0.15, 0.2) is 35.3 Å². The molecule has 0 saturated carbocycles. The van der Waals surface area contributed by atoms with Crippen molar-refractivity contribution in [1.29, 1.82) is 0 Å². The van der Waals surface area contributed by atoms with Crippen molar-refractivity contribution in [3.8, 4) is 0 Å². The molecule has 1 atom stereocenters. The van der Waals surface area contributed by atoms with Gasteiger partial charge in [-0.1, -0.05) is 30.3 Å². The predicted octanol–water partition coefficient (Wildman–Crippen LogP) is 2.13. The molecule has 0 aliphatic carbocycles. The Morgan fingerprint density at radius 2 is 1.74 bits per heavy atom. The van der Waals surface area contributed by atoms with Crippen LogP contribution in [0, 0.1) is 5.92 Å². The molecule has 1 aromatic rings. The van der Waals surface area contributed by atoms with Gasteiger partial charge >= 0.3 is 0 Å². The number of halogens is 1. The summed E-state index contributed by atoms with van der Waals surface area (Å²) in [7, 11) is 1.93. The third-order valence-corrected chi connectivity index (χ3v) is 6.38.